The third kappa shape index (κ3) is 8.15. The van der Waals surface area contributed by atoms with Crippen molar-refractivity contribution in [2.45, 2.75) is 46.8 Å². The SMILES string of the molecule is CCC(=O)c1cc(COc2cnc(Nc3ccc(C(C)NCCN(CC)CC)cc3)nc2)c(Cl)c(OC)c1. The van der Waals surface area contributed by atoms with E-state index in [2.05, 4.69) is 58.4 Å². The molecule has 0 saturated carbocycles. The third-order valence-electron chi connectivity index (χ3n) is 6.44. The lowest BCUT2D eigenvalue weighted by Crippen LogP contribution is -2.33. The number of ketones is 1. The van der Waals surface area contributed by atoms with Crippen molar-refractivity contribution in [2.24, 2.45) is 0 Å². The summed E-state index contributed by atoms with van der Waals surface area (Å²) in [6, 6.07) is 11.9. The van der Waals surface area contributed by atoms with Crippen molar-refractivity contribution < 1.29 is 14.3 Å². The number of likely N-dealkylation sites (N-methyl/N-ethyl adjacent to an activating group) is 1. The van der Waals surface area contributed by atoms with E-state index in [1.165, 1.54) is 12.7 Å². The zero-order valence-corrected chi connectivity index (χ0v) is 23.6. The molecule has 0 spiro atoms. The molecule has 1 atom stereocenters. The molecule has 0 amide bonds. The third-order valence-corrected chi connectivity index (χ3v) is 6.87. The molecule has 0 saturated heterocycles. The maximum atomic E-state index is 12.2. The molecule has 204 valence electrons. The largest absolute Gasteiger partial charge is 0.495 e. The molecule has 0 radical (unpaired) electrons. The number of hydrogen-bond acceptors (Lipinski definition) is 8. The molecule has 1 heterocycles. The highest BCUT2D eigenvalue weighted by Gasteiger charge is 2.14. The fraction of sp³-hybridized carbons (Fsp3) is 0.414. The molecule has 9 heteroatoms. The predicted molar refractivity (Wildman–Crippen MR) is 153 cm³/mol. The Kier molecular flexibility index (Phi) is 11.3. The first-order chi connectivity index (χ1) is 18.4. The first-order valence-corrected chi connectivity index (χ1v) is 13.4. The summed E-state index contributed by atoms with van der Waals surface area (Å²) in [6.45, 7) is 12.7. The molecule has 0 aliphatic rings. The number of nitrogens with one attached hydrogen (secondary N) is 2. The van der Waals surface area contributed by atoms with Gasteiger partial charge in [0.2, 0.25) is 5.95 Å². The zero-order valence-electron chi connectivity index (χ0n) is 22.9. The number of aromatic nitrogens is 2. The van der Waals surface area contributed by atoms with Gasteiger partial charge in [0.05, 0.1) is 24.5 Å². The number of carbonyl (C=O) groups is 1. The Hall–Kier alpha value is -3.20. The van der Waals surface area contributed by atoms with Crippen molar-refractivity contribution in [3.63, 3.8) is 0 Å². The van der Waals surface area contributed by atoms with Crippen LogP contribution in [-0.2, 0) is 6.61 Å². The number of halogens is 1. The van der Waals surface area contributed by atoms with Gasteiger partial charge in [0.25, 0.3) is 0 Å². The first-order valence-electron chi connectivity index (χ1n) is 13.1. The number of benzene rings is 2. The summed E-state index contributed by atoms with van der Waals surface area (Å²) in [7, 11) is 1.52. The summed E-state index contributed by atoms with van der Waals surface area (Å²) in [4.78, 5) is 23.3. The Labute approximate surface area is 230 Å². The standard InChI is InChI=1S/C29H38ClN5O3/c1-6-26(36)22-15-23(28(30)27(16-22)37-5)19-38-25-17-32-29(33-18-25)34-24-11-9-21(10-12-24)20(4)31-13-14-35(7-2)8-3/h9-12,15-18,20,31H,6-8,13-14,19H2,1-5H3,(H,32,33,34). The fourth-order valence-electron chi connectivity index (χ4n) is 3.97. The molecule has 38 heavy (non-hydrogen) atoms. The molecule has 1 unspecified atom stereocenters. The van der Waals surface area contributed by atoms with Gasteiger partial charge < -0.3 is 25.0 Å². The van der Waals surface area contributed by atoms with Crippen molar-refractivity contribution >= 4 is 29.0 Å². The number of nitrogens with zero attached hydrogens (tertiary/aromatic N) is 3. The van der Waals surface area contributed by atoms with Crippen LogP contribution in [0.4, 0.5) is 11.6 Å². The van der Waals surface area contributed by atoms with Crippen LogP contribution >= 0.6 is 11.6 Å². The van der Waals surface area contributed by atoms with Crippen LogP contribution in [0.5, 0.6) is 11.5 Å². The molecule has 3 rings (SSSR count). The summed E-state index contributed by atoms with van der Waals surface area (Å²) < 4.78 is 11.2. The van der Waals surface area contributed by atoms with E-state index in [-0.39, 0.29) is 18.4 Å². The Morgan fingerprint density at radius 2 is 1.76 bits per heavy atom. The number of ether oxygens (including phenoxy) is 2. The lowest BCUT2D eigenvalue weighted by Gasteiger charge is -2.20. The van der Waals surface area contributed by atoms with Gasteiger partial charge in [-0.1, -0.05) is 44.5 Å². The van der Waals surface area contributed by atoms with Gasteiger partial charge in [-0.2, -0.15) is 0 Å². The van der Waals surface area contributed by atoms with Crippen molar-refractivity contribution in [2.75, 3.05) is 38.6 Å². The van der Waals surface area contributed by atoms with Crippen LogP contribution in [0.2, 0.25) is 5.02 Å². The molecule has 0 aliphatic heterocycles. The zero-order chi connectivity index (χ0) is 27.5. The van der Waals surface area contributed by atoms with Gasteiger partial charge in [0.1, 0.15) is 12.4 Å². The van der Waals surface area contributed by atoms with Crippen LogP contribution in [0.1, 0.15) is 61.6 Å². The highest BCUT2D eigenvalue weighted by Crippen LogP contribution is 2.31. The number of Topliss-reactive ketones (excluding diaryl/α,β-unsaturated/α-hetero) is 1. The molecule has 2 aromatic carbocycles. The Morgan fingerprint density at radius 3 is 2.37 bits per heavy atom. The second-order valence-corrected chi connectivity index (χ2v) is 9.29. The van der Waals surface area contributed by atoms with Crippen molar-refractivity contribution in [3.05, 3.63) is 70.5 Å². The van der Waals surface area contributed by atoms with E-state index in [9.17, 15) is 4.79 Å². The van der Waals surface area contributed by atoms with E-state index in [1.54, 1.807) is 24.5 Å². The van der Waals surface area contributed by atoms with Crippen LogP contribution in [0.3, 0.4) is 0 Å². The molecule has 8 nitrogen and oxygen atoms in total. The minimum atomic E-state index is 0.00835. The van der Waals surface area contributed by atoms with E-state index in [0.717, 1.165) is 31.9 Å². The van der Waals surface area contributed by atoms with Crippen LogP contribution in [0.25, 0.3) is 0 Å². The first kappa shape index (κ1) is 29.4. The highest BCUT2D eigenvalue weighted by atomic mass is 35.5. The summed E-state index contributed by atoms with van der Waals surface area (Å²) in [5.41, 5.74) is 3.31. The average molecular weight is 540 g/mol. The van der Waals surface area contributed by atoms with Crippen molar-refractivity contribution in [1.29, 1.82) is 0 Å². The summed E-state index contributed by atoms with van der Waals surface area (Å²) in [5.74, 6) is 1.40. The lowest BCUT2D eigenvalue weighted by molar-refractivity contribution is 0.0987. The fourth-order valence-corrected chi connectivity index (χ4v) is 4.21. The molecule has 0 bridgehead atoms. The number of hydrogen-bond donors (Lipinski definition) is 2. The van der Waals surface area contributed by atoms with Gasteiger partial charge in [-0.25, -0.2) is 9.97 Å². The smallest absolute Gasteiger partial charge is 0.227 e. The van der Waals surface area contributed by atoms with Gasteiger partial charge in [-0.15, -0.1) is 0 Å². The molecular weight excluding hydrogens is 502 g/mol. The Balaban J connectivity index is 1.55. The van der Waals surface area contributed by atoms with Gasteiger partial charge >= 0.3 is 0 Å². The van der Waals surface area contributed by atoms with Gasteiger partial charge in [0.15, 0.2) is 11.5 Å². The quantitative estimate of drug-likeness (QED) is 0.226. The molecule has 0 aliphatic carbocycles. The van der Waals surface area contributed by atoms with Crippen molar-refractivity contribution in [1.82, 2.24) is 20.2 Å². The number of rotatable bonds is 15. The van der Waals surface area contributed by atoms with E-state index in [4.69, 9.17) is 21.1 Å². The molecule has 1 aromatic heterocycles. The summed E-state index contributed by atoms with van der Waals surface area (Å²) in [5, 5.41) is 7.21. The minimum absolute atomic E-state index is 0.00835. The minimum Gasteiger partial charge on any atom is -0.495 e. The molecular formula is C29H38ClN5O3. The van der Waals surface area contributed by atoms with Gasteiger partial charge in [-0.3, -0.25) is 4.79 Å². The molecule has 2 N–H and O–H groups in total. The molecule has 0 fully saturated rings. The Bertz CT molecular complexity index is 1170. The normalized spacial score (nSPS) is 11.9. The van der Waals surface area contributed by atoms with E-state index >= 15 is 0 Å². The van der Waals surface area contributed by atoms with Crippen LogP contribution in [0.15, 0.2) is 48.8 Å². The second-order valence-electron chi connectivity index (χ2n) is 8.91. The van der Waals surface area contributed by atoms with Gasteiger partial charge in [0, 0.05) is 42.4 Å². The number of methoxy groups -OCH3 is 1. The predicted octanol–water partition coefficient (Wildman–Crippen LogP) is 6.05. The van der Waals surface area contributed by atoms with Crippen LogP contribution in [0, 0.1) is 0 Å². The van der Waals surface area contributed by atoms with Gasteiger partial charge in [-0.05, 0) is 49.8 Å². The highest BCUT2D eigenvalue weighted by molar-refractivity contribution is 6.33. The average Bonchev–Trinajstić information content (AvgIpc) is 2.95. The topological polar surface area (TPSA) is 88.6 Å². The Morgan fingerprint density at radius 1 is 1.08 bits per heavy atom. The number of anilines is 2. The van der Waals surface area contributed by atoms with Crippen LogP contribution in [-0.4, -0.2) is 53.9 Å². The summed E-state index contributed by atoms with van der Waals surface area (Å²) >= 11 is 6.43. The van der Waals surface area contributed by atoms with Crippen molar-refractivity contribution in [3.8, 4) is 11.5 Å². The van der Waals surface area contributed by atoms with E-state index in [1.807, 2.05) is 19.1 Å². The van der Waals surface area contributed by atoms with E-state index < -0.39 is 0 Å². The summed E-state index contributed by atoms with van der Waals surface area (Å²) in [6.07, 6.45) is 3.58. The number of carbonyl (C=O) groups excluding carboxylic acids is 1. The lowest BCUT2D eigenvalue weighted by atomic mass is 10.1. The maximum Gasteiger partial charge on any atom is 0.227 e. The van der Waals surface area contributed by atoms with Crippen LogP contribution < -0.4 is 20.1 Å². The molecule has 3 aromatic rings. The monoisotopic (exact) mass is 539 g/mol. The van der Waals surface area contributed by atoms with E-state index in [0.29, 0.717) is 40.0 Å². The second kappa shape index (κ2) is 14.7. The maximum absolute atomic E-state index is 12.2.